The number of carbonyl (C=O) groups is 2. The molecule has 2 aromatic rings. The van der Waals surface area contributed by atoms with Gasteiger partial charge < -0.3 is 10.2 Å². The van der Waals surface area contributed by atoms with Crippen molar-refractivity contribution in [1.29, 1.82) is 0 Å². The molecule has 6 heteroatoms. The van der Waals surface area contributed by atoms with Crippen molar-refractivity contribution in [3.8, 4) is 0 Å². The zero-order valence-corrected chi connectivity index (χ0v) is 18.8. The Balaban J connectivity index is 1.78. The van der Waals surface area contributed by atoms with Crippen LogP contribution >= 0.6 is 23.2 Å². The predicted molar refractivity (Wildman–Crippen MR) is 122 cm³/mol. The second-order valence-corrected chi connectivity index (χ2v) is 8.72. The van der Waals surface area contributed by atoms with Gasteiger partial charge in [-0.25, -0.2) is 0 Å². The van der Waals surface area contributed by atoms with Crippen LogP contribution in [0.4, 0.5) is 0 Å². The summed E-state index contributed by atoms with van der Waals surface area (Å²) in [7, 11) is 0. The molecule has 1 atom stereocenters. The quantitative estimate of drug-likeness (QED) is 0.618. The Morgan fingerprint density at radius 1 is 0.967 bits per heavy atom. The van der Waals surface area contributed by atoms with Gasteiger partial charge >= 0.3 is 0 Å². The molecule has 30 heavy (non-hydrogen) atoms. The number of rotatable bonds is 7. The molecule has 3 rings (SSSR count). The third-order valence-electron chi connectivity index (χ3n) is 5.72. The first-order valence-electron chi connectivity index (χ1n) is 10.5. The first kappa shape index (κ1) is 22.6. The first-order valence-corrected chi connectivity index (χ1v) is 11.3. The summed E-state index contributed by atoms with van der Waals surface area (Å²) in [5.74, 6) is -0.282. The summed E-state index contributed by atoms with van der Waals surface area (Å²) in [4.78, 5) is 27.9. The van der Waals surface area contributed by atoms with Crippen molar-refractivity contribution in [2.75, 3.05) is 0 Å². The highest BCUT2D eigenvalue weighted by Gasteiger charge is 2.28. The van der Waals surface area contributed by atoms with Crippen molar-refractivity contribution in [3.05, 3.63) is 69.7 Å². The van der Waals surface area contributed by atoms with Crippen LogP contribution in [0.3, 0.4) is 0 Å². The van der Waals surface area contributed by atoms with Crippen molar-refractivity contribution in [1.82, 2.24) is 10.2 Å². The maximum Gasteiger partial charge on any atom is 0.242 e. The van der Waals surface area contributed by atoms with E-state index in [2.05, 4.69) is 5.32 Å². The Morgan fingerprint density at radius 3 is 2.13 bits per heavy atom. The van der Waals surface area contributed by atoms with E-state index in [-0.39, 0.29) is 30.8 Å². The number of nitrogens with zero attached hydrogens (tertiary/aromatic N) is 1. The molecule has 1 aliphatic rings. The lowest BCUT2D eigenvalue weighted by Gasteiger charge is -2.31. The van der Waals surface area contributed by atoms with Gasteiger partial charge in [0.25, 0.3) is 0 Å². The predicted octanol–water partition coefficient (Wildman–Crippen LogP) is 5.40. The molecule has 0 heterocycles. The lowest BCUT2D eigenvalue weighted by molar-refractivity contribution is -0.140. The normalized spacial score (nSPS) is 15.4. The standard InChI is InChI=1S/C24H28Cl2N2O2/c1-17(24(30)27-20-11-3-2-4-12-20)28(16-19-10-6-8-14-22(19)26)23(29)15-18-9-5-7-13-21(18)25/h5-10,13-14,17,20H,2-4,11-12,15-16H2,1H3,(H,27,30)/t17-/m1/s1. The minimum atomic E-state index is -0.613. The van der Waals surface area contributed by atoms with Gasteiger partial charge in [-0.3, -0.25) is 9.59 Å². The minimum absolute atomic E-state index is 0.124. The summed E-state index contributed by atoms with van der Waals surface area (Å²) in [6, 6.07) is 14.3. The number of hydrogen-bond acceptors (Lipinski definition) is 2. The topological polar surface area (TPSA) is 49.4 Å². The monoisotopic (exact) mass is 446 g/mol. The third-order valence-corrected chi connectivity index (χ3v) is 6.45. The highest BCUT2D eigenvalue weighted by molar-refractivity contribution is 6.31. The Kier molecular flexibility index (Phi) is 8.17. The number of halogens is 2. The van der Waals surface area contributed by atoms with Gasteiger partial charge in [0.05, 0.1) is 6.42 Å². The van der Waals surface area contributed by atoms with Crippen molar-refractivity contribution in [2.45, 2.75) is 64.1 Å². The Labute approximate surface area is 188 Å². The van der Waals surface area contributed by atoms with E-state index < -0.39 is 6.04 Å². The Morgan fingerprint density at radius 2 is 1.53 bits per heavy atom. The molecule has 0 saturated heterocycles. The molecular formula is C24H28Cl2N2O2. The molecule has 1 fully saturated rings. The summed E-state index contributed by atoms with van der Waals surface area (Å²) in [5, 5.41) is 4.26. The SMILES string of the molecule is C[C@H](C(=O)NC1CCCCC1)N(Cc1ccccc1Cl)C(=O)Cc1ccccc1Cl. The van der Waals surface area contributed by atoms with E-state index in [1.54, 1.807) is 24.0 Å². The highest BCUT2D eigenvalue weighted by Crippen LogP contribution is 2.22. The van der Waals surface area contributed by atoms with E-state index >= 15 is 0 Å². The summed E-state index contributed by atoms with van der Waals surface area (Å²) in [6.45, 7) is 2.04. The van der Waals surface area contributed by atoms with Gasteiger partial charge in [0.1, 0.15) is 6.04 Å². The van der Waals surface area contributed by atoms with Gasteiger partial charge in [-0.1, -0.05) is 78.9 Å². The fourth-order valence-corrected chi connectivity index (χ4v) is 4.27. The smallest absolute Gasteiger partial charge is 0.242 e. The summed E-state index contributed by atoms with van der Waals surface area (Å²) in [5.41, 5.74) is 1.55. The first-order chi connectivity index (χ1) is 14.5. The van der Waals surface area contributed by atoms with E-state index in [1.165, 1.54) is 6.42 Å². The molecule has 0 bridgehead atoms. The Hall–Kier alpha value is -2.04. The average molecular weight is 447 g/mol. The fraction of sp³-hybridized carbons (Fsp3) is 0.417. The van der Waals surface area contributed by atoms with Crippen molar-refractivity contribution < 1.29 is 9.59 Å². The third kappa shape index (κ3) is 5.99. The van der Waals surface area contributed by atoms with Crippen LogP contribution < -0.4 is 5.32 Å². The maximum atomic E-state index is 13.3. The van der Waals surface area contributed by atoms with Crippen molar-refractivity contribution in [3.63, 3.8) is 0 Å². The van der Waals surface area contributed by atoms with Crippen LogP contribution in [-0.4, -0.2) is 28.8 Å². The number of benzene rings is 2. The highest BCUT2D eigenvalue weighted by atomic mass is 35.5. The summed E-state index contributed by atoms with van der Waals surface area (Å²) in [6.07, 6.45) is 5.61. The largest absolute Gasteiger partial charge is 0.352 e. The van der Waals surface area contributed by atoms with E-state index in [0.717, 1.165) is 36.8 Å². The molecule has 2 amide bonds. The summed E-state index contributed by atoms with van der Waals surface area (Å²) >= 11 is 12.6. The number of carbonyl (C=O) groups excluding carboxylic acids is 2. The second kappa shape index (κ2) is 10.8. The van der Waals surface area contributed by atoms with Crippen LogP contribution in [0.15, 0.2) is 48.5 Å². The van der Waals surface area contributed by atoms with E-state index in [1.807, 2.05) is 36.4 Å². The zero-order valence-electron chi connectivity index (χ0n) is 17.2. The molecule has 160 valence electrons. The molecule has 0 unspecified atom stereocenters. The lowest BCUT2D eigenvalue weighted by Crippen LogP contribution is -2.50. The van der Waals surface area contributed by atoms with Crippen molar-refractivity contribution >= 4 is 35.0 Å². The molecule has 0 spiro atoms. The molecule has 2 aromatic carbocycles. The van der Waals surface area contributed by atoms with Crippen LogP contribution in [0.5, 0.6) is 0 Å². The van der Waals surface area contributed by atoms with Gasteiger partial charge in [0, 0.05) is 22.6 Å². The second-order valence-electron chi connectivity index (χ2n) is 7.90. The average Bonchev–Trinajstić information content (AvgIpc) is 2.75. The summed E-state index contributed by atoms with van der Waals surface area (Å²) < 4.78 is 0. The van der Waals surface area contributed by atoms with Gasteiger partial charge in [-0.15, -0.1) is 0 Å². The van der Waals surface area contributed by atoms with Crippen LogP contribution in [0.2, 0.25) is 10.0 Å². The number of nitrogens with one attached hydrogen (secondary N) is 1. The van der Waals surface area contributed by atoms with Crippen LogP contribution in [0.25, 0.3) is 0 Å². The van der Waals surface area contributed by atoms with Crippen LogP contribution in [0.1, 0.15) is 50.2 Å². The van der Waals surface area contributed by atoms with Crippen LogP contribution in [0, 0.1) is 0 Å². The molecule has 1 aliphatic carbocycles. The molecule has 1 saturated carbocycles. The molecule has 1 N–H and O–H groups in total. The Bertz CT molecular complexity index is 881. The fourth-order valence-electron chi connectivity index (χ4n) is 3.87. The molecule has 0 aliphatic heterocycles. The van der Waals surface area contributed by atoms with Crippen LogP contribution in [-0.2, 0) is 22.6 Å². The molecular weight excluding hydrogens is 419 g/mol. The number of hydrogen-bond donors (Lipinski definition) is 1. The van der Waals surface area contributed by atoms with Crippen molar-refractivity contribution in [2.24, 2.45) is 0 Å². The molecule has 4 nitrogen and oxygen atoms in total. The number of amides is 2. The lowest BCUT2D eigenvalue weighted by atomic mass is 9.95. The molecule has 0 radical (unpaired) electrons. The van der Waals surface area contributed by atoms with E-state index in [9.17, 15) is 9.59 Å². The maximum absolute atomic E-state index is 13.3. The van der Waals surface area contributed by atoms with Gasteiger partial charge in [-0.05, 0) is 43.0 Å². The van der Waals surface area contributed by atoms with E-state index in [4.69, 9.17) is 23.2 Å². The van der Waals surface area contributed by atoms with Gasteiger partial charge in [0.2, 0.25) is 11.8 Å². The van der Waals surface area contributed by atoms with Gasteiger partial charge in [-0.2, -0.15) is 0 Å². The van der Waals surface area contributed by atoms with E-state index in [0.29, 0.717) is 10.0 Å². The minimum Gasteiger partial charge on any atom is -0.352 e. The molecule has 0 aromatic heterocycles. The zero-order chi connectivity index (χ0) is 21.5. The van der Waals surface area contributed by atoms with Gasteiger partial charge in [0.15, 0.2) is 0 Å².